The third kappa shape index (κ3) is 3.26. The monoisotopic (exact) mass is 238 g/mol. The van der Waals surface area contributed by atoms with Gasteiger partial charge in [-0.3, -0.25) is 0 Å². The van der Waals surface area contributed by atoms with Gasteiger partial charge in [-0.2, -0.15) is 0 Å². The molecular formula is C8H19BrOSi. The van der Waals surface area contributed by atoms with E-state index >= 15 is 0 Å². The Bertz CT molecular complexity index is 129. The third-order valence-corrected chi connectivity index (χ3v) is 4.93. The summed E-state index contributed by atoms with van der Waals surface area (Å²) in [6.45, 7) is 11.0. The van der Waals surface area contributed by atoms with Crippen LogP contribution >= 0.6 is 15.9 Å². The molecule has 0 saturated carbocycles. The second-order valence-electron chi connectivity index (χ2n) is 4.28. The van der Waals surface area contributed by atoms with Gasteiger partial charge in [-0.25, -0.2) is 0 Å². The van der Waals surface area contributed by atoms with Crippen LogP contribution in [0.25, 0.3) is 0 Å². The van der Waals surface area contributed by atoms with Crippen molar-refractivity contribution >= 4 is 26.4 Å². The molecule has 0 bridgehead atoms. The van der Waals surface area contributed by atoms with Gasteiger partial charge in [0.15, 0.2) is 0 Å². The van der Waals surface area contributed by atoms with Crippen molar-refractivity contribution in [1.29, 1.82) is 0 Å². The van der Waals surface area contributed by atoms with Crippen LogP contribution in [0.2, 0.25) is 0 Å². The number of alkyl halides is 1. The Hall–Kier alpha value is 0.657. The first kappa shape index (κ1) is 11.7. The molecule has 0 aromatic rings. The fraction of sp³-hybridized carbons (Fsp3) is 1.00. The first-order valence-corrected chi connectivity index (χ1v) is 5.57. The molecule has 0 heterocycles. The van der Waals surface area contributed by atoms with Crippen LogP contribution in [0.4, 0.5) is 0 Å². The molecule has 0 rings (SSSR count). The van der Waals surface area contributed by atoms with E-state index in [-0.39, 0.29) is 4.51 Å². The molecule has 0 fully saturated rings. The minimum Gasteiger partial charge on any atom is -0.413 e. The van der Waals surface area contributed by atoms with Crippen molar-refractivity contribution in [1.82, 2.24) is 0 Å². The Morgan fingerprint density at radius 1 is 1.27 bits per heavy atom. The maximum Gasteiger partial charge on any atom is 0.147 e. The van der Waals surface area contributed by atoms with Gasteiger partial charge in [0, 0.05) is 0 Å². The number of rotatable bonds is 2. The first-order chi connectivity index (χ1) is 4.72. The van der Waals surface area contributed by atoms with Gasteiger partial charge in [0.05, 0.1) is 0 Å². The minimum atomic E-state index is -0.141. The lowest BCUT2D eigenvalue weighted by Gasteiger charge is -2.38. The van der Waals surface area contributed by atoms with Gasteiger partial charge in [-0.15, -0.1) is 0 Å². The largest absolute Gasteiger partial charge is 0.413 e. The SMILES string of the molecule is CC(C(C)(C)C)C(C)(Br)O[SiH3]. The zero-order chi connectivity index (χ0) is 9.28. The second-order valence-corrected chi connectivity index (χ2v) is 6.26. The maximum absolute atomic E-state index is 5.48. The van der Waals surface area contributed by atoms with Crippen molar-refractivity contribution in [3.05, 3.63) is 0 Å². The highest BCUT2D eigenvalue weighted by molar-refractivity contribution is 9.10. The lowest BCUT2D eigenvalue weighted by atomic mass is 9.79. The summed E-state index contributed by atoms with van der Waals surface area (Å²) in [6, 6.07) is 0. The summed E-state index contributed by atoms with van der Waals surface area (Å²) in [6.07, 6.45) is 0. The smallest absolute Gasteiger partial charge is 0.147 e. The summed E-state index contributed by atoms with van der Waals surface area (Å²) in [5.74, 6) is 0.507. The zero-order valence-corrected chi connectivity index (χ0v) is 11.9. The van der Waals surface area contributed by atoms with Crippen molar-refractivity contribution in [2.75, 3.05) is 0 Å². The van der Waals surface area contributed by atoms with Gasteiger partial charge in [-0.1, -0.05) is 43.6 Å². The molecule has 0 amide bonds. The van der Waals surface area contributed by atoms with Gasteiger partial charge in [0.2, 0.25) is 0 Å². The third-order valence-electron chi connectivity index (χ3n) is 2.47. The van der Waals surface area contributed by atoms with E-state index < -0.39 is 0 Å². The molecule has 2 atom stereocenters. The van der Waals surface area contributed by atoms with Crippen LogP contribution in [0.3, 0.4) is 0 Å². The van der Waals surface area contributed by atoms with Crippen molar-refractivity contribution < 1.29 is 4.43 Å². The summed E-state index contributed by atoms with van der Waals surface area (Å²) >= 11 is 3.59. The molecule has 2 unspecified atom stereocenters. The summed E-state index contributed by atoms with van der Waals surface area (Å²) in [4.78, 5) is 0. The average Bonchev–Trinajstić information content (AvgIpc) is 1.84. The van der Waals surface area contributed by atoms with Crippen molar-refractivity contribution in [3.8, 4) is 0 Å². The van der Waals surface area contributed by atoms with Gasteiger partial charge < -0.3 is 4.43 Å². The van der Waals surface area contributed by atoms with Crippen LogP contribution in [-0.2, 0) is 4.43 Å². The summed E-state index contributed by atoms with van der Waals surface area (Å²) in [5.41, 5.74) is 0.294. The molecule has 68 valence electrons. The highest BCUT2D eigenvalue weighted by Crippen LogP contribution is 2.39. The van der Waals surface area contributed by atoms with Crippen molar-refractivity contribution in [2.45, 2.75) is 39.1 Å². The molecule has 1 nitrogen and oxygen atoms in total. The molecule has 0 saturated heterocycles. The minimum absolute atomic E-state index is 0.141. The molecule has 0 aromatic carbocycles. The molecule has 0 aliphatic carbocycles. The summed E-state index contributed by atoms with van der Waals surface area (Å²) in [5, 5.41) is 0. The summed E-state index contributed by atoms with van der Waals surface area (Å²) < 4.78 is 5.34. The fourth-order valence-electron chi connectivity index (χ4n) is 0.950. The molecule has 0 radical (unpaired) electrons. The Kier molecular flexibility index (Phi) is 3.80. The maximum atomic E-state index is 5.48. The van der Waals surface area contributed by atoms with E-state index in [1.54, 1.807) is 0 Å². The summed E-state index contributed by atoms with van der Waals surface area (Å²) in [7, 11) is 0.782. The van der Waals surface area contributed by atoms with Crippen LogP contribution in [-0.4, -0.2) is 15.0 Å². The van der Waals surface area contributed by atoms with E-state index in [1.165, 1.54) is 0 Å². The average molecular weight is 239 g/mol. The second kappa shape index (κ2) is 3.58. The molecule has 0 N–H and O–H groups in total. The predicted molar refractivity (Wildman–Crippen MR) is 57.0 cm³/mol. The van der Waals surface area contributed by atoms with Crippen LogP contribution < -0.4 is 0 Å². The molecule has 11 heavy (non-hydrogen) atoms. The molecular weight excluding hydrogens is 220 g/mol. The van der Waals surface area contributed by atoms with Crippen molar-refractivity contribution in [2.24, 2.45) is 11.3 Å². The lowest BCUT2D eigenvalue weighted by Crippen LogP contribution is -2.37. The highest BCUT2D eigenvalue weighted by Gasteiger charge is 2.35. The number of hydrogen-bond acceptors (Lipinski definition) is 1. The van der Waals surface area contributed by atoms with Gasteiger partial charge in [0.25, 0.3) is 0 Å². The highest BCUT2D eigenvalue weighted by atomic mass is 79.9. The zero-order valence-electron chi connectivity index (χ0n) is 8.36. The van der Waals surface area contributed by atoms with Gasteiger partial charge >= 0.3 is 0 Å². The van der Waals surface area contributed by atoms with Crippen LogP contribution in [0, 0.1) is 11.3 Å². The quantitative estimate of drug-likeness (QED) is 0.529. The molecule has 0 spiro atoms. The van der Waals surface area contributed by atoms with Crippen LogP contribution in [0.1, 0.15) is 34.6 Å². The van der Waals surface area contributed by atoms with E-state index in [0.717, 1.165) is 10.5 Å². The number of hydrogen-bond donors (Lipinski definition) is 0. The van der Waals surface area contributed by atoms with E-state index in [9.17, 15) is 0 Å². The Labute approximate surface area is 81.6 Å². The Morgan fingerprint density at radius 3 is 1.73 bits per heavy atom. The van der Waals surface area contributed by atoms with E-state index in [1.807, 2.05) is 0 Å². The fourth-order valence-corrected chi connectivity index (χ4v) is 1.99. The van der Waals surface area contributed by atoms with E-state index in [4.69, 9.17) is 4.43 Å². The van der Waals surface area contributed by atoms with Gasteiger partial charge in [0.1, 0.15) is 15.0 Å². The Morgan fingerprint density at radius 2 is 1.64 bits per heavy atom. The van der Waals surface area contributed by atoms with Crippen molar-refractivity contribution in [3.63, 3.8) is 0 Å². The Balaban J connectivity index is 4.35. The van der Waals surface area contributed by atoms with Gasteiger partial charge in [-0.05, 0) is 18.3 Å². The first-order valence-electron chi connectivity index (χ1n) is 3.96. The molecule has 0 aromatic heterocycles. The predicted octanol–water partition coefficient (Wildman–Crippen LogP) is 2.08. The molecule has 0 aliphatic rings. The van der Waals surface area contributed by atoms with Crippen LogP contribution in [0.15, 0.2) is 0 Å². The number of halogens is 1. The molecule has 3 heteroatoms. The topological polar surface area (TPSA) is 9.23 Å². The van der Waals surface area contributed by atoms with E-state index in [2.05, 4.69) is 50.5 Å². The molecule has 0 aliphatic heterocycles. The standard InChI is InChI=1S/C8H19BrOSi/c1-6(7(2,3)4)8(5,9)10-11/h6H,1-5,11H3. The lowest BCUT2D eigenvalue weighted by molar-refractivity contribution is 0.0731. The van der Waals surface area contributed by atoms with Crippen LogP contribution in [0.5, 0.6) is 0 Å². The normalized spacial score (nSPS) is 21.3. The van der Waals surface area contributed by atoms with E-state index in [0.29, 0.717) is 11.3 Å².